The number of carbonyl (C=O) groups excluding carboxylic acids is 1. The molecule has 5 nitrogen and oxygen atoms in total. The van der Waals surface area contributed by atoms with Crippen molar-refractivity contribution in [3.05, 3.63) is 0 Å². The molecular formula is C14H29N3O2. The van der Waals surface area contributed by atoms with Gasteiger partial charge in [0, 0.05) is 39.3 Å². The summed E-state index contributed by atoms with van der Waals surface area (Å²) >= 11 is 0. The van der Waals surface area contributed by atoms with E-state index in [1.54, 1.807) is 19.0 Å². The molecule has 1 aliphatic rings. The van der Waals surface area contributed by atoms with Gasteiger partial charge in [-0.05, 0) is 18.8 Å². The first-order valence-corrected chi connectivity index (χ1v) is 7.23. The minimum absolute atomic E-state index is 0.168. The highest BCUT2D eigenvalue weighted by Crippen LogP contribution is 2.13. The Morgan fingerprint density at radius 1 is 1.37 bits per heavy atom. The molecule has 5 heteroatoms. The molecule has 0 aromatic carbocycles. The summed E-state index contributed by atoms with van der Waals surface area (Å²) in [6.07, 6.45) is 2.09. The maximum absolute atomic E-state index is 11.6. The third kappa shape index (κ3) is 5.47. The van der Waals surface area contributed by atoms with Gasteiger partial charge in [0.05, 0.1) is 13.2 Å². The zero-order valence-electron chi connectivity index (χ0n) is 12.7. The molecule has 1 heterocycles. The first-order chi connectivity index (χ1) is 8.93. The predicted molar refractivity (Wildman–Crippen MR) is 77.0 cm³/mol. The lowest BCUT2D eigenvalue weighted by atomic mass is 9.99. The quantitative estimate of drug-likeness (QED) is 0.722. The van der Waals surface area contributed by atoms with E-state index in [2.05, 4.69) is 24.1 Å². The summed E-state index contributed by atoms with van der Waals surface area (Å²) in [5.41, 5.74) is 0. The number of carbonyl (C=O) groups is 1. The molecule has 1 rings (SSSR count). The molecule has 0 radical (unpaired) electrons. The average Bonchev–Trinajstić information content (AvgIpc) is 2.37. The van der Waals surface area contributed by atoms with Crippen molar-refractivity contribution in [1.82, 2.24) is 15.1 Å². The Balaban J connectivity index is 2.30. The fourth-order valence-electron chi connectivity index (χ4n) is 2.35. The molecule has 1 amide bonds. The number of aliphatic hydroxyl groups is 1. The first kappa shape index (κ1) is 16.4. The largest absolute Gasteiger partial charge is 0.395 e. The lowest BCUT2D eigenvalue weighted by molar-refractivity contribution is -0.130. The van der Waals surface area contributed by atoms with Crippen LogP contribution in [0.25, 0.3) is 0 Å². The van der Waals surface area contributed by atoms with Crippen LogP contribution < -0.4 is 5.32 Å². The summed E-state index contributed by atoms with van der Waals surface area (Å²) in [6.45, 7) is 6.86. The number of likely N-dealkylation sites (N-methyl/N-ethyl adjacent to an activating group) is 1. The molecule has 1 unspecified atom stereocenters. The summed E-state index contributed by atoms with van der Waals surface area (Å²) in [7, 11) is 3.59. The Morgan fingerprint density at radius 3 is 2.37 bits per heavy atom. The number of aliphatic hydroxyl groups excluding tert-OH is 1. The van der Waals surface area contributed by atoms with E-state index in [4.69, 9.17) is 0 Å². The standard InChI is InChI=1S/C14H29N3O2/c1-11(2)13(10-18)15-12-5-7-17(8-6-12)9-14(19)16(3)4/h11-13,15,18H,5-10H2,1-4H3. The molecule has 1 aliphatic heterocycles. The fourth-order valence-corrected chi connectivity index (χ4v) is 2.35. The van der Waals surface area contributed by atoms with Crippen LogP contribution in [-0.4, -0.2) is 73.2 Å². The van der Waals surface area contributed by atoms with Gasteiger partial charge in [-0.2, -0.15) is 0 Å². The minimum atomic E-state index is 0.168. The van der Waals surface area contributed by atoms with Crippen LogP contribution in [0.4, 0.5) is 0 Å². The van der Waals surface area contributed by atoms with Gasteiger partial charge in [0.1, 0.15) is 0 Å². The normalized spacial score (nSPS) is 19.7. The zero-order chi connectivity index (χ0) is 14.4. The van der Waals surface area contributed by atoms with E-state index >= 15 is 0 Å². The molecule has 1 saturated heterocycles. The van der Waals surface area contributed by atoms with Crippen LogP contribution in [0.15, 0.2) is 0 Å². The number of likely N-dealkylation sites (tertiary alicyclic amines) is 1. The molecule has 112 valence electrons. The summed E-state index contributed by atoms with van der Waals surface area (Å²) in [5, 5.41) is 12.9. The highest BCUT2D eigenvalue weighted by Gasteiger charge is 2.24. The van der Waals surface area contributed by atoms with Crippen molar-refractivity contribution < 1.29 is 9.90 Å². The second-order valence-electron chi connectivity index (χ2n) is 6.04. The lowest BCUT2D eigenvalue weighted by Crippen LogP contribution is -2.50. The number of rotatable bonds is 6. The third-order valence-electron chi connectivity index (χ3n) is 3.90. The van der Waals surface area contributed by atoms with Crippen molar-refractivity contribution in [3.63, 3.8) is 0 Å². The Morgan fingerprint density at radius 2 is 1.95 bits per heavy atom. The number of piperidine rings is 1. The smallest absolute Gasteiger partial charge is 0.236 e. The Bertz CT molecular complexity index is 274. The van der Waals surface area contributed by atoms with Crippen LogP contribution >= 0.6 is 0 Å². The SMILES string of the molecule is CC(C)C(CO)NC1CCN(CC(=O)N(C)C)CC1. The molecule has 2 N–H and O–H groups in total. The van der Waals surface area contributed by atoms with E-state index in [0.717, 1.165) is 25.9 Å². The van der Waals surface area contributed by atoms with Crippen molar-refractivity contribution in [2.45, 2.75) is 38.8 Å². The molecule has 19 heavy (non-hydrogen) atoms. The van der Waals surface area contributed by atoms with E-state index in [1.807, 2.05) is 0 Å². The van der Waals surface area contributed by atoms with Gasteiger partial charge in [0.25, 0.3) is 0 Å². The topological polar surface area (TPSA) is 55.8 Å². The minimum Gasteiger partial charge on any atom is -0.395 e. The number of nitrogens with one attached hydrogen (secondary N) is 1. The molecule has 0 aromatic rings. The van der Waals surface area contributed by atoms with E-state index in [-0.39, 0.29) is 18.6 Å². The van der Waals surface area contributed by atoms with Crippen LogP contribution in [-0.2, 0) is 4.79 Å². The van der Waals surface area contributed by atoms with Crippen molar-refractivity contribution in [1.29, 1.82) is 0 Å². The van der Waals surface area contributed by atoms with Gasteiger partial charge in [0.15, 0.2) is 0 Å². The van der Waals surface area contributed by atoms with Gasteiger partial charge in [0.2, 0.25) is 5.91 Å². The van der Waals surface area contributed by atoms with E-state index in [9.17, 15) is 9.90 Å². The highest BCUT2D eigenvalue weighted by atomic mass is 16.3. The van der Waals surface area contributed by atoms with Crippen molar-refractivity contribution in [2.24, 2.45) is 5.92 Å². The molecule has 1 atom stereocenters. The van der Waals surface area contributed by atoms with Crippen molar-refractivity contribution in [2.75, 3.05) is 40.3 Å². The number of hydrogen-bond acceptors (Lipinski definition) is 4. The molecule has 1 fully saturated rings. The predicted octanol–water partition coefficient (Wildman–Crippen LogP) is 0.146. The Hall–Kier alpha value is -0.650. The lowest BCUT2D eigenvalue weighted by Gasteiger charge is -2.35. The van der Waals surface area contributed by atoms with Crippen LogP contribution in [0.1, 0.15) is 26.7 Å². The van der Waals surface area contributed by atoms with Crippen molar-refractivity contribution in [3.8, 4) is 0 Å². The molecular weight excluding hydrogens is 242 g/mol. The number of nitrogens with zero attached hydrogens (tertiary/aromatic N) is 2. The summed E-state index contributed by atoms with van der Waals surface area (Å²) in [4.78, 5) is 15.5. The van der Waals surface area contributed by atoms with E-state index in [0.29, 0.717) is 18.5 Å². The van der Waals surface area contributed by atoms with E-state index in [1.165, 1.54) is 0 Å². The second-order valence-corrected chi connectivity index (χ2v) is 6.04. The van der Waals surface area contributed by atoms with Gasteiger partial charge in [-0.15, -0.1) is 0 Å². The van der Waals surface area contributed by atoms with Crippen LogP contribution in [0.5, 0.6) is 0 Å². The van der Waals surface area contributed by atoms with Gasteiger partial charge in [-0.1, -0.05) is 13.8 Å². The van der Waals surface area contributed by atoms with Gasteiger partial charge < -0.3 is 15.3 Å². The van der Waals surface area contributed by atoms with Crippen LogP contribution in [0, 0.1) is 5.92 Å². The van der Waals surface area contributed by atoms with Crippen molar-refractivity contribution >= 4 is 5.91 Å². The highest BCUT2D eigenvalue weighted by molar-refractivity contribution is 5.77. The number of hydrogen-bond donors (Lipinski definition) is 2. The second kappa shape index (κ2) is 7.82. The van der Waals surface area contributed by atoms with Gasteiger partial charge in [-0.25, -0.2) is 0 Å². The van der Waals surface area contributed by atoms with Gasteiger partial charge >= 0.3 is 0 Å². The molecule has 0 saturated carbocycles. The average molecular weight is 271 g/mol. The number of amides is 1. The Kier molecular flexibility index (Phi) is 6.75. The molecule has 0 bridgehead atoms. The Labute approximate surface area is 117 Å². The summed E-state index contributed by atoms with van der Waals surface area (Å²) in [6, 6.07) is 0.644. The fraction of sp³-hybridized carbons (Fsp3) is 0.929. The van der Waals surface area contributed by atoms with Gasteiger partial charge in [-0.3, -0.25) is 9.69 Å². The van der Waals surface area contributed by atoms with Crippen LogP contribution in [0.3, 0.4) is 0 Å². The van der Waals surface area contributed by atoms with E-state index < -0.39 is 0 Å². The summed E-state index contributed by atoms with van der Waals surface area (Å²) in [5.74, 6) is 0.611. The maximum Gasteiger partial charge on any atom is 0.236 e. The molecule has 0 spiro atoms. The third-order valence-corrected chi connectivity index (χ3v) is 3.90. The van der Waals surface area contributed by atoms with Crippen LogP contribution in [0.2, 0.25) is 0 Å². The first-order valence-electron chi connectivity index (χ1n) is 7.23. The molecule has 0 aromatic heterocycles. The maximum atomic E-state index is 11.6. The monoisotopic (exact) mass is 271 g/mol. The summed E-state index contributed by atoms with van der Waals surface area (Å²) < 4.78 is 0. The zero-order valence-corrected chi connectivity index (χ0v) is 12.7. The molecule has 0 aliphatic carbocycles.